The van der Waals surface area contributed by atoms with Gasteiger partial charge in [-0.2, -0.15) is 4.98 Å². The summed E-state index contributed by atoms with van der Waals surface area (Å²) in [5.41, 5.74) is 6.34. The van der Waals surface area contributed by atoms with Gasteiger partial charge in [0.2, 0.25) is 5.95 Å². The van der Waals surface area contributed by atoms with Gasteiger partial charge in [-0.1, -0.05) is 24.4 Å². The van der Waals surface area contributed by atoms with Crippen LogP contribution in [0.1, 0.15) is 13.2 Å². The van der Waals surface area contributed by atoms with E-state index in [0.29, 0.717) is 22.1 Å². The highest BCUT2D eigenvalue weighted by atomic mass is 32.1. The van der Waals surface area contributed by atoms with Gasteiger partial charge in [0.1, 0.15) is 29.5 Å². The molecule has 6 N–H and O–H groups in total. The molecule has 0 aromatic carbocycles. The summed E-state index contributed by atoms with van der Waals surface area (Å²) in [4.78, 5) is 11.8. The maximum Gasteiger partial charge on any atom is 0.222 e. The number of hydrazine groups is 1. The number of imidazole rings is 1. The Kier molecular flexibility index (Phi) is 4.76. The first-order valence-electron chi connectivity index (χ1n) is 7.04. The van der Waals surface area contributed by atoms with E-state index in [9.17, 15) is 15.3 Å². The Morgan fingerprint density at radius 2 is 2.21 bits per heavy atom. The van der Waals surface area contributed by atoms with Crippen molar-refractivity contribution in [3.63, 3.8) is 0 Å². The van der Waals surface area contributed by atoms with E-state index in [2.05, 4.69) is 25.8 Å². The van der Waals surface area contributed by atoms with Crippen LogP contribution in [0, 0.1) is 4.64 Å². The number of thiocarbonyl (C=S) groups is 1. The lowest BCUT2D eigenvalue weighted by atomic mass is 10.1. The van der Waals surface area contributed by atoms with Crippen molar-refractivity contribution in [2.75, 3.05) is 12.0 Å². The van der Waals surface area contributed by atoms with Gasteiger partial charge in [-0.15, -0.1) is 0 Å². The van der Waals surface area contributed by atoms with Crippen molar-refractivity contribution in [3.05, 3.63) is 11.0 Å². The number of aromatic amines is 1. The minimum absolute atomic E-state index is 0.237. The van der Waals surface area contributed by atoms with Gasteiger partial charge < -0.3 is 25.0 Å². The fraction of sp³-hybridized carbons (Fsp3) is 0.500. The van der Waals surface area contributed by atoms with Crippen LogP contribution in [0.25, 0.3) is 11.2 Å². The Bertz CT molecular complexity index is 823. The molecule has 4 atom stereocenters. The van der Waals surface area contributed by atoms with Crippen LogP contribution in [0.3, 0.4) is 0 Å². The van der Waals surface area contributed by atoms with E-state index in [1.54, 1.807) is 6.92 Å². The number of hydrogen-bond acceptors (Lipinski definition) is 9. The predicted molar refractivity (Wildman–Crippen MR) is 90.8 cm³/mol. The normalized spacial score (nSPS) is 26.7. The minimum Gasteiger partial charge on any atom is -0.394 e. The van der Waals surface area contributed by atoms with Gasteiger partial charge in [-0.3, -0.25) is 15.4 Å². The van der Waals surface area contributed by atoms with Crippen LogP contribution in [0.4, 0.5) is 5.95 Å². The first-order valence-corrected chi connectivity index (χ1v) is 7.86. The van der Waals surface area contributed by atoms with Crippen LogP contribution in [-0.2, 0) is 4.74 Å². The Labute approximate surface area is 146 Å². The summed E-state index contributed by atoms with van der Waals surface area (Å²) in [5.74, 6) is 0.296. The third kappa shape index (κ3) is 2.99. The summed E-state index contributed by atoms with van der Waals surface area (Å²) >= 11 is 10.1. The molecule has 12 heteroatoms. The zero-order chi connectivity index (χ0) is 17.4. The van der Waals surface area contributed by atoms with Crippen molar-refractivity contribution in [2.24, 2.45) is 0 Å². The molecule has 0 amide bonds. The lowest BCUT2D eigenvalue weighted by Gasteiger charge is -2.17. The van der Waals surface area contributed by atoms with Crippen LogP contribution < -0.4 is 10.9 Å². The zero-order valence-corrected chi connectivity index (χ0v) is 14.1. The minimum atomic E-state index is -1.23. The molecular weight excluding hydrogens is 356 g/mol. The molecule has 2 unspecified atom stereocenters. The largest absolute Gasteiger partial charge is 0.394 e. The molecule has 2 aromatic rings. The van der Waals surface area contributed by atoms with Gasteiger partial charge in [0.05, 0.1) is 17.9 Å². The maximum atomic E-state index is 10.2. The molecule has 10 nitrogen and oxygen atoms in total. The summed E-state index contributed by atoms with van der Waals surface area (Å²) in [7, 11) is 0. The molecule has 0 aliphatic carbocycles. The van der Waals surface area contributed by atoms with Crippen molar-refractivity contribution >= 4 is 46.5 Å². The monoisotopic (exact) mass is 372 g/mol. The van der Waals surface area contributed by atoms with E-state index in [-0.39, 0.29) is 4.64 Å². The van der Waals surface area contributed by atoms with Crippen molar-refractivity contribution in [1.82, 2.24) is 24.9 Å². The SMILES string of the molecule is CC(=S)NNc1nc(=S)c2ncn([C@@H]3O[C@H](CO)C(O)C3O)c2[nH]1. The van der Waals surface area contributed by atoms with E-state index in [1.807, 2.05) is 0 Å². The molecule has 24 heavy (non-hydrogen) atoms. The predicted octanol–water partition coefficient (Wildman–Crippen LogP) is -0.636. The third-order valence-corrected chi connectivity index (χ3v) is 3.98. The smallest absolute Gasteiger partial charge is 0.222 e. The number of H-pyrrole nitrogens is 1. The van der Waals surface area contributed by atoms with E-state index >= 15 is 0 Å². The van der Waals surface area contributed by atoms with Gasteiger partial charge in [-0.25, -0.2) is 4.98 Å². The fourth-order valence-electron chi connectivity index (χ4n) is 2.45. The number of anilines is 1. The first-order chi connectivity index (χ1) is 11.4. The number of nitrogens with zero attached hydrogens (tertiary/aromatic N) is 3. The molecule has 0 saturated carbocycles. The molecule has 3 heterocycles. The Morgan fingerprint density at radius 3 is 2.83 bits per heavy atom. The zero-order valence-electron chi connectivity index (χ0n) is 12.5. The van der Waals surface area contributed by atoms with Crippen LogP contribution in [0.2, 0.25) is 0 Å². The van der Waals surface area contributed by atoms with Gasteiger partial charge in [0.25, 0.3) is 0 Å². The van der Waals surface area contributed by atoms with Crippen LogP contribution >= 0.6 is 24.4 Å². The van der Waals surface area contributed by atoms with Crippen LogP contribution in [0.15, 0.2) is 6.33 Å². The van der Waals surface area contributed by atoms with Gasteiger partial charge in [0, 0.05) is 0 Å². The standard InChI is InChI=1S/C12H16N6O4S2/c1-4(23)16-17-12-14-9-6(10(24)15-12)13-3-18(9)11-8(21)7(20)5(2-19)22-11/h3,5,7-8,11,19-21H,2H2,1H3,(H,16,23)(H2,14,15,17,24)/t5-,7?,8?,11-/m1/s1. The van der Waals surface area contributed by atoms with Crippen molar-refractivity contribution < 1.29 is 20.1 Å². The summed E-state index contributed by atoms with van der Waals surface area (Å²) in [5, 5.41) is 29.3. The Hall–Kier alpha value is -1.70. The van der Waals surface area contributed by atoms with Crippen molar-refractivity contribution in [1.29, 1.82) is 0 Å². The van der Waals surface area contributed by atoms with Crippen molar-refractivity contribution in [3.8, 4) is 0 Å². The van der Waals surface area contributed by atoms with E-state index in [4.69, 9.17) is 29.2 Å². The molecule has 3 rings (SSSR count). The highest BCUT2D eigenvalue weighted by Crippen LogP contribution is 2.31. The third-order valence-electron chi connectivity index (χ3n) is 3.59. The molecule has 0 bridgehead atoms. The topological polar surface area (TPSA) is 140 Å². The summed E-state index contributed by atoms with van der Waals surface area (Å²) < 4.78 is 7.24. The number of aromatic nitrogens is 4. The quantitative estimate of drug-likeness (QED) is 0.303. The number of ether oxygens (including phenoxy) is 1. The Morgan fingerprint density at radius 1 is 1.46 bits per heavy atom. The number of rotatable bonds is 4. The average Bonchev–Trinajstić information content (AvgIpc) is 3.08. The summed E-state index contributed by atoms with van der Waals surface area (Å²) in [6.07, 6.45) is -2.83. The number of nitrogens with one attached hydrogen (secondary N) is 3. The van der Waals surface area contributed by atoms with Gasteiger partial charge in [-0.05, 0) is 6.92 Å². The highest BCUT2D eigenvalue weighted by molar-refractivity contribution is 7.80. The Balaban J connectivity index is 2.00. The molecule has 1 aliphatic heterocycles. The first kappa shape index (κ1) is 17.1. The second-order valence-electron chi connectivity index (χ2n) is 5.27. The summed E-state index contributed by atoms with van der Waals surface area (Å²) in [6, 6.07) is 0. The number of fused-ring (bicyclic) bond motifs is 1. The maximum absolute atomic E-state index is 10.2. The van der Waals surface area contributed by atoms with E-state index in [0.717, 1.165) is 0 Å². The average molecular weight is 372 g/mol. The van der Waals surface area contributed by atoms with E-state index in [1.165, 1.54) is 10.9 Å². The van der Waals surface area contributed by atoms with Crippen LogP contribution in [0.5, 0.6) is 0 Å². The molecule has 130 valence electrons. The van der Waals surface area contributed by atoms with Crippen molar-refractivity contribution in [2.45, 2.75) is 31.5 Å². The highest BCUT2D eigenvalue weighted by Gasteiger charge is 2.43. The summed E-state index contributed by atoms with van der Waals surface area (Å²) in [6.45, 7) is 1.28. The molecule has 1 fully saturated rings. The van der Waals surface area contributed by atoms with Gasteiger partial charge in [0.15, 0.2) is 10.9 Å². The number of aliphatic hydroxyl groups excluding tert-OH is 3. The van der Waals surface area contributed by atoms with Crippen LogP contribution in [-0.4, -0.2) is 64.7 Å². The molecule has 2 aromatic heterocycles. The second kappa shape index (κ2) is 6.66. The molecular formula is C12H16N6O4S2. The number of aliphatic hydroxyl groups is 3. The molecule has 1 saturated heterocycles. The fourth-order valence-corrected chi connectivity index (χ4v) is 2.74. The molecule has 0 radical (unpaired) electrons. The second-order valence-corrected chi connectivity index (χ2v) is 6.27. The lowest BCUT2D eigenvalue weighted by molar-refractivity contribution is -0.0511. The molecule has 1 aliphatic rings. The molecule has 0 spiro atoms. The van der Waals surface area contributed by atoms with E-state index < -0.39 is 31.1 Å². The number of hydrogen-bond donors (Lipinski definition) is 6. The lowest BCUT2D eigenvalue weighted by Crippen LogP contribution is -2.33. The van der Waals surface area contributed by atoms with Gasteiger partial charge >= 0.3 is 0 Å².